The van der Waals surface area contributed by atoms with Gasteiger partial charge >= 0.3 is 5.97 Å². The van der Waals surface area contributed by atoms with E-state index in [-0.39, 0.29) is 17.1 Å². The molecule has 0 bridgehead atoms. The van der Waals surface area contributed by atoms with Crippen LogP contribution in [-0.2, 0) is 0 Å². The van der Waals surface area contributed by atoms with Crippen LogP contribution in [-0.4, -0.2) is 16.0 Å². The third-order valence-corrected chi connectivity index (χ3v) is 2.71. The van der Waals surface area contributed by atoms with E-state index in [1.807, 2.05) is 0 Å². The summed E-state index contributed by atoms with van der Waals surface area (Å²) in [6.45, 7) is 1.73. The molecule has 0 saturated carbocycles. The number of benzene rings is 2. The van der Waals surface area contributed by atoms with Crippen LogP contribution in [0.3, 0.4) is 0 Å². The molecule has 0 atom stereocenters. The third-order valence-electron chi connectivity index (χ3n) is 2.71. The van der Waals surface area contributed by atoms with Crippen molar-refractivity contribution in [3.05, 3.63) is 63.5 Å². The summed E-state index contributed by atoms with van der Waals surface area (Å²) in [6.07, 6.45) is 0. The molecule has 2 aromatic rings. The number of carboxylic acids is 1. The number of carboxylic acid groups (broad SMARTS) is 1. The highest BCUT2D eigenvalue weighted by Crippen LogP contribution is 2.30. The monoisotopic (exact) mass is 291 g/mol. The van der Waals surface area contributed by atoms with E-state index in [9.17, 15) is 19.3 Å². The predicted octanol–water partition coefficient (Wildman–Crippen LogP) is 3.53. The summed E-state index contributed by atoms with van der Waals surface area (Å²) in [7, 11) is 0. The Balaban J connectivity index is 2.40. The fourth-order valence-corrected chi connectivity index (χ4v) is 1.70. The number of rotatable bonds is 4. The average molecular weight is 291 g/mol. The lowest BCUT2D eigenvalue weighted by molar-refractivity contribution is -0.385. The van der Waals surface area contributed by atoms with E-state index in [4.69, 9.17) is 9.84 Å². The second kappa shape index (κ2) is 5.58. The van der Waals surface area contributed by atoms with Gasteiger partial charge in [0, 0.05) is 6.07 Å². The number of nitrogens with zero attached hydrogens (tertiary/aromatic N) is 1. The number of nitro groups is 1. The number of aromatic carboxylic acids is 1. The lowest BCUT2D eigenvalue weighted by Crippen LogP contribution is -2.01. The topological polar surface area (TPSA) is 89.7 Å². The second-order valence-corrected chi connectivity index (χ2v) is 4.28. The predicted molar refractivity (Wildman–Crippen MR) is 71.3 cm³/mol. The molecule has 0 unspecified atom stereocenters. The van der Waals surface area contributed by atoms with Gasteiger partial charge < -0.3 is 9.84 Å². The summed E-state index contributed by atoms with van der Waals surface area (Å²) in [4.78, 5) is 20.9. The number of ether oxygens (including phenoxy) is 1. The molecule has 0 fully saturated rings. The number of carbonyl (C=O) groups is 1. The van der Waals surface area contributed by atoms with E-state index in [1.165, 1.54) is 12.1 Å². The van der Waals surface area contributed by atoms with E-state index in [0.29, 0.717) is 6.07 Å². The zero-order chi connectivity index (χ0) is 15.6. The lowest BCUT2D eigenvalue weighted by atomic mass is 10.1. The normalized spacial score (nSPS) is 10.2. The smallest absolute Gasteiger partial charge is 0.339 e. The Morgan fingerprint density at radius 3 is 2.52 bits per heavy atom. The van der Waals surface area contributed by atoms with Gasteiger partial charge in [0.15, 0.2) is 11.6 Å². The number of aryl methyl sites for hydroxylation is 1. The zero-order valence-corrected chi connectivity index (χ0v) is 10.9. The maximum atomic E-state index is 13.8. The van der Waals surface area contributed by atoms with Crippen molar-refractivity contribution >= 4 is 11.7 Å². The van der Waals surface area contributed by atoms with Gasteiger partial charge in [-0.1, -0.05) is 6.07 Å². The van der Waals surface area contributed by atoms with E-state index >= 15 is 0 Å². The Labute approximate surface area is 118 Å². The fraction of sp³-hybridized carbons (Fsp3) is 0.0714. The molecule has 0 spiro atoms. The summed E-state index contributed by atoms with van der Waals surface area (Å²) >= 11 is 0. The molecule has 7 heteroatoms. The summed E-state index contributed by atoms with van der Waals surface area (Å²) in [5.41, 5.74) is 0.193. The Hall–Kier alpha value is -2.96. The SMILES string of the molecule is Cc1ccc(C(=O)O)c(Oc2ccc([N+](=O)[O-])cc2F)c1. The van der Waals surface area contributed by atoms with Crippen LogP contribution >= 0.6 is 0 Å². The first-order chi connectivity index (χ1) is 9.88. The highest BCUT2D eigenvalue weighted by Gasteiger charge is 2.16. The van der Waals surface area contributed by atoms with Crippen LogP contribution in [0.5, 0.6) is 11.5 Å². The molecule has 108 valence electrons. The minimum atomic E-state index is -1.22. The van der Waals surface area contributed by atoms with Gasteiger partial charge in [-0.2, -0.15) is 0 Å². The largest absolute Gasteiger partial charge is 0.478 e. The lowest BCUT2D eigenvalue weighted by Gasteiger charge is -2.10. The molecule has 0 saturated heterocycles. The first-order valence-electron chi connectivity index (χ1n) is 5.84. The molecule has 0 aromatic heterocycles. The molecular weight excluding hydrogens is 281 g/mol. The van der Waals surface area contributed by atoms with Gasteiger partial charge in [0.2, 0.25) is 0 Å². The van der Waals surface area contributed by atoms with Crippen LogP contribution < -0.4 is 4.74 Å². The van der Waals surface area contributed by atoms with Crippen LogP contribution in [0.25, 0.3) is 0 Å². The van der Waals surface area contributed by atoms with Gasteiger partial charge in [0.1, 0.15) is 11.3 Å². The van der Waals surface area contributed by atoms with Crippen molar-refractivity contribution in [3.63, 3.8) is 0 Å². The van der Waals surface area contributed by atoms with E-state index < -0.39 is 22.4 Å². The van der Waals surface area contributed by atoms with Crippen LogP contribution in [0.15, 0.2) is 36.4 Å². The highest BCUT2D eigenvalue weighted by molar-refractivity contribution is 5.91. The van der Waals surface area contributed by atoms with Gasteiger partial charge in [-0.3, -0.25) is 10.1 Å². The average Bonchev–Trinajstić information content (AvgIpc) is 2.40. The van der Waals surface area contributed by atoms with Crippen molar-refractivity contribution in [1.82, 2.24) is 0 Å². The molecule has 2 rings (SSSR count). The van der Waals surface area contributed by atoms with E-state index in [2.05, 4.69) is 0 Å². The number of halogens is 1. The quantitative estimate of drug-likeness (QED) is 0.687. The minimum absolute atomic E-state index is 0.0322. The van der Waals surface area contributed by atoms with Crippen LogP contribution in [0, 0.1) is 22.9 Å². The van der Waals surface area contributed by atoms with E-state index in [1.54, 1.807) is 13.0 Å². The molecule has 1 N–H and O–H groups in total. The number of non-ortho nitro benzene ring substituents is 1. The van der Waals surface area contributed by atoms with Crippen LogP contribution in [0.4, 0.5) is 10.1 Å². The molecule has 6 nitrogen and oxygen atoms in total. The maximum absolute atomic E-state index is 13.8. The number of hydrogen-bond donors (Lipinski definition) is 1. The first kappa shape index (κ1) is 14.4. The Morgan fingerprint density at radius 1 is 1.24 bits per heavy atom. The highest BCUT2D eigenvalue weighted by atomic mass is 19.1. The fourth-order valence-electron chi connectivity index (χ4n) is 1.70. The zero-order valence-electron chi connectivity index (χ0n) is 10.9. The standard InChI is InChI=1S/C14H10FNO5/c1-8-2-4-10(14(17)18)13(6-8)21-12-5-3-9(16(19)20)7-11(12)15/h2-7H,1H3,(H,17,18). The van der Waals surface area contributed by atoms with Gasteiger partial charge in [0.25, 0.3) is 5.69 Å². The van der Waals surface area contributed by atoms with Crippen molar-refractivity contribution < 1.29 is 24.0 Å². The summed E-state index contributed by atoms with van der Waals surface area (Å²) in [6, 6.07) is 7.25. The maximum Gasteiger partial charge on any atom is 0.339 e. The minimum Gasteiger partial charge on any atom is -0.478 e. The first-order valence-corrected chi connectivity index (χ1v) is 5.84. The van der Waals surface area contributed by atoms with Crippen LogP contribution in [0.2, 0.25) is 0 Å². The summed E-state index contributed by atoms with van der Waals surface area (Å²) in [5, 5.41) is 19.6. The number of nitro benzene ring substituents is 1. The molecule has 0 aliphatic heterocycles. The van der Waals surface area contributed by atoms with E-state index in [0.717, 1.165) is 17.7 Å². The molecule has 0 heterocycles. The third kappa shape index (κ3) is 3.14. The Morgan fingerprint density at radius 2 is 1.95 bits per heavy atom. The van der Waals surface area contributed by atoms with Gasteiger partial charge in [-0.25, -0.2) is 9.18 Å². The second-order valence-electron chi connectivity index (χ2n) is 4.28. The van der Waals surface area contributed by atoms with Gasteiger partial charge in [-0.05, 0) is 30.7 Å². The van der Waals surface area contributed by atoms with Crippen molar-refractivity contribution in [2.75, 3.05) is 0 Å². The Bertz CT molecular complexity index is 729. The number of hydrogen-bond acceptors (Lipinski definition) is 4. The Kier molecular flexibility index (Phi) is 3.84. The van der Waals surface area contributed by atoms with Crippen molar-refractivity contribution in [2.45, 2.75) is 6.92 Å². The summed E-state index contributed by atoms with van der Waals surface area (Å²) < 4.78 is 19.0. The molecule has 0 amide bonds. The molecule has 0 radical (unpaired) electrons. The molecule has 21 heavy (non-hydrogen) atoms. The molecular formula is C14H10FNO5. The molecule has 0 aliphatic rings. The van der Waals surface area contributed by atoms with Crippen molar-refractivity contribution in [1.29, 1.82) is 0 Å². The van der Waals surface area contributed by atoms with Crippen molar-refractivity contribution in [2.24, 2.45) is 0 Å². The van der Waals surface area contributed by atoms with Gasteiger partial charge in [-0.15, -0.1) is 0 Å². The molecule has 2 aromatic carbocycles. The van der Waals surface area contributed by atoms with Gasteiger partial charge in [0.05, 0.1) is 11.0 Å². The van der Waals surface area contributed by atoms with Crippen molar-refractivity contribution in [3.8, 4) is 11.5 Å². The summed E-state index contributed by atoms with van der Waals surface area (Å²) in [5.74, 6) is -2.47. The molecule has 0 aliphatic carbocycles. The van der Waals surface area contributed by atoms with Crippen LogP contribution in [0.1, 0.15) is 15.9 Å².